The molecule has 2 fully saturated rings. The van der Waals surface area contributed by atoms with Gasteiger partial charge in [0, 0.05) is 18.5 Å². The summed E-state index contributed by atoms with van der Waals surface area (Å²) in [6.45, 7) is 3.85. The van der Waals surface area contributed by atoms with Crippen molar-refractivity contribution < 1.29 is 19.5 Å². The van der Waals surface area contributed by atoms with Gasteiger partial charge in [-0.05, 0) is 39.5 Å². The third-order valence-electron chi connectivity index (χ3n) is 4.97. The van der Waals surface area contributed by atoms with Crippen molar-refractivity contribution in [3.63, 3.8) is 0 Å². The van der Waals surface area contributed by atoms with E-state index in [1.54, 1.807) is 11.8 Å². The predicted molar refractivity (Wildman–Crippen MR) is 81.1 cm³/mol. The summed E-state index contributed by atoms with van der Waals surface area (Å²) in [6.07, 6.45) is 5.23. The lowest BCUT2D eigenvalue weighted by molar-refractivity contribution is -0.148. The summed E-state index contributed by atoms with van der Waals surface area (Å²) in [7, 11) is 0. The number of nitrogens with one attached hydrogen (secondary N) is 1. The monoisotopic (exact) mass is 310 g/mol. The van der Waals surface area contributed by atoms with Crippen molar-refractivity contribution in [2.45, 2.75) is 64.5 Å². The number of hydrogen-bond donors (Lipinski definition) is 2. The highest BCUT2D eigenvalue weighted by Gasteiger charge is 2.35. The number of carboxylic acid groups (broad SMARTS) is 1. The van der Waals surface area contributed by atoms with Gasteiger partial charge in [-0.3, -0.25) is 14.4 Å². The van der Waals surface area contributed by atoms with Crippen LogP contribution in [0, 0.1) is 11.8 Å². The van der Waals surface area contributed by atoms with Crippen molar-refractivity contribution in [1.29, 1.82) is 0 Å². The fourth-order valence-corrected chi connectivity index (χ4v) is 3.45. The van der Waals surface area contributed by atoms with E-state index in [9.17, 15) is 14.4 Å². The van der Waals surface area contributed by atoms with Crippen LogP contribution < -0.4 is 5.32 Å². The van der Waals surface area contributed by atoms with Gasteiger partial charge in [-0.15, -0.1) is 0 Å². The maximum atomic E-state index is 12.5. The number of piperidine rings is 1. The van der Waals surface area contributed by atoms with E-state index in [4.69, 9.17) is 5.11 Å². The van der Waals surface area contributed by atoms with Crippen LogP contribution in [0.1, 0.15) is 52.4 Å². The minimum absolute atomic E-state index is 0.0222. The summed E-state index contributed by atoms with van der Waals surface area (Å²) in [6, 6.07) is -0.572. The van der Waals surface area contributed by atoms with E-state index >= 15 is 0 Å². The first-order valence-electron chi connectivity index (χ1n) is 8.23. The SMILES string of the molecule is CC(NC(=O)C1CCCC1)C(=O)N1CC(C(=O)O)CCC1C. The first kappa shape index (κ1) is 16.8. The molecular formula is C16H26N2O4. The summed E-state index contributed by atoms with van der Waals surface area (Å²) in [4.78, 5) is 37.4. The maximum absolute atomic E-state index is 12.5. The van der Waals surface area contributed by atoms with Crippen molar-refractivity contribution in [3.8, 4) is 0 Å². The number of rotatable bonds is 4. The molecule has 1 saturated carbocycles. The summed E-state index contributed by atoms with van der Waals surface area (Å²) >= 11 is 0. The number of aliphatic carboxylic acids is 1. The molecule has 2 rings (SSSR count). The first-order chi connectivity index (χ1) is 10.4. The fourth-order valence-electron chi connectivity index (χ4n) is 3.45. The zero-order chi connectivity index (χ0) is 16.3. The molecule has 0 radical (unpaired) electrons. The van der Waals surface area contributed by atoms with Crippen LogP contribution in [0.15, 0.2) is 0 Å². The quantitative estimate of drug-likeness (QED) is 0.821. The number of hydrogen-bond acceptors (Lipinski definition) is 3. The lowest BCUT2D eigenvalue weighted by atomic mass is 9.93. The highest BCUT2D eigenvalue weighted by atomic mass is 16.4. The molecule has 0 aromatic rings. The number of nitrogens with zero attached hydrogens (tertiary/aromatic N) is 1. The number of carbonyl (C=O) groups excluding carboxylic acids is 2. The van der Waals surface area contributed by atoms with E-state index in [1.807, 2.05) is 6.92 Å². The Morgan fingerprint density at radius 1 is 1.09 bits per heavy atom. The minimum atomic E-state index is -0.854. The number of carboxylic acids is 1. The zero-order valence-corrected chi connectivity index (χ0v) is 13.4. The summed E-state index contributed by atoms with van der Waals surface area (Å²) in [5.41, 5.74) is 0. The predicted octanol–water partition coefficient (Wildman–Crippen LogP) is 1.39. The van der Waals surface area contributed by atoms with Crippen LogP contribution in [0.5, 0.6) is 0 Å². The van der Waals surface area contributed by atoms with Gasteiger partial charge >= 0.3 is 5.97 Å². The van der Waals surface area contributed by atoms with E-state index in [0.29, 0.717) is 12.8 Å². The molecule has 0 bridgehead atoms. The van der Waals surface area contributed by atoms with Crippen LogP contribution in [0.25, 0.3) is 0 Å². The van der Waals surface area contributed by atoms with Gasteiger partial charge in [-0.25, -0.2) is 0 Å². The van der Waals surface area contributed by atoms with Crippen molar-refractivity contribution in [1.82, 2.24) is 10.2 Å². The molecule has 2 N–H and O–H groups in total. The lowest BCUT2D eigenvalue weighted by Crippen LogP contribution is -2.54. The smallest absolute Gasteiger partial charge is 0.308 e. The van der Waals surface area contributed by atoms with Gasteiger partial charge in [0.25, 0.3) is 0 Å². The van der Waals surface area contributed by atoms with Crippen LogP contribution in [-0.2, 0) is 14.4 Å². The Morgan fingerprint density at radius 2 is 1.73 bits per heavy atom. The standard InChI is InChI=1S/C16H26N2O4/c1-10-7-8-13(16(21)22)9-18(10)15(20)11(2)17-14(19)12-5-3-4-6-12/h10-13H,3-9H2,1-2H3,(H,17,19)(H,21,22). The molecule has 0 aromatic heterocycles. The Kier molecular flexibility index (Phi) is 5.42. The van der Waals surface area contributed by atoms with Crippen molar-refractivity contribution >= 4 is 17.8 Å². The van der Waals surface area contributed by atoms with Crippen molar-refractivity contribution in [2.24, 2.45) is 11.8 Å². The molecular weight excluding hydrogens is 284 g/mol. The zero-order valence-electron chi connectivity index (χ0n) is 13.4. The van der Waals surface area contributed by atoms with Gasteiger partial charge in [-0.1, -0.05) is 12.8 Å². The van der Waals surface area contributed by atoms with Gasteiger partial charge in [-0.2, -0.15) is 0 Å². The van der Waals surface area contributed by atoms with Gasteiger partial charge < -0.3 is 15.3 Å². The minimum Gasteiger partial charge on any atom is -0.481 e. The van der Waals surface area contributed by atoms with E-state index in [1.165, 1.54) is 0 Å². The first-order valence-corrected chi connectivity index (χ1v) is 8.23. The van der Waals surface area contributed by atoms with Crippen LogP contribution in [0.2, 0.25) is 0 Å². The fraction of sp³-hybridized carbons (Fsp3) is 0.812. The summed E-state index contributed by atoms with van der Waals surface area (Å²) in [5.74, 6) is -1.55. The maximum Gasteiger partial charge on any atom is 0.308 e. The molecule has 1 aliphatic carbocycles. The second-order valence-electron chi connectivity index (χ2n) is 6.66. The van der Waals surface area contributed by atoms with Gasteiger partial charge in [0.1, 0.15) is 6.04 Å². The summed E-state index contributed by atoms with van der Waals surface area (Å²) < 4.78 is 0. The van der Waals surface area contributed by atoms with Crippen LogP contribution in [0.3, 0.4) is 0 Å². The van der Waals surface area contributed by atoms with Crippen LogP contribution in [0.4, 0.5) is 0 Å². The average Bonchev–Trinajstić information content (AvgIpc) is 3.01. The normalized spacial score (nSPS) is 27.5. The Bertz CT molecular complexity index is 445. The third kappa shape index (κ3) is 3.78. The topological polar surface area (TPSA) is 86.7 Å². The molecule has 6 heteroatoms. The highest BCUT2D eigenvalue weighted by Crippen LogP contribution is 2.25. The van der Waals surface area contributed by atoms with Crippen molar-refractivity contribution in [2.75, 3.05) is 6.54 Å². The van der Waals surface area contributed by atoms with Crippen LogP contribution >= 0.6 is 0 Å². The molecule has 0 aromatic carbocycles. The molecule has 3 atom stereocenters. The summed E-state index contributed by atoms with van der Waals surface area (Å²) in [5, 5.41) is 11.9. The molecule has 0 spiro atoms. The number of amides is 2. The highest BCUT2D eigenvalue weighted by molar-refractivity contribution is 5.88. The molecule has 124 valence electrons. The van der Waals surface area contributed by atoms with E-state index in [0.717, 1.165) is 25.7 Å². The second-order valence-corrected chi connectivity index (χ2v) is 6.66. The molecule has 1 aliphatic heterocycles. The molecule has 2 aliphatic rings. The Balaban J connectivity index is 1.93. The Hall–Kier alpha value is -1.59. The number of likely N-dealkylation sites (tertiary alicyclic amines) is 1. The molecule has 22 heavy (non-hydrogen) atoms. The third-order valence-corrected chi connectivity index (χ3v) is 4.97. The average molecular weight is 310 g/mol. The van der Waals surface area contributed by atoms with E-state index < -0.39 is 17.9 Å². The van der Waals surface area contributed by atoms with E-state index in [-0.39, 0.29) is 30.3 Å². The Labute approximate surface area is 131 Å². The van der Waals surface area contributed by atoms with Gasteiger partial charge in [0.2, 0.25) is 11.8 Å². The van der Waals surface area contributed by atoms with Gasteiger partial charge in [0.15, 0.2) is 0 Å². The van der Waals surface area contributed by atoms with Crippen molar-refractivity contribution in [3.05, 3.63) is 0 Å². The van der Waals surface area contributed by atoms with Gasteiger partial charge in [0.05, 0.1) is 5.92 Å². The molecule has 1 heterocycles. The number of carbonyl (C=O) groups is 3. The molecule has 6 nitrogen and oxygen atoms in total. The van der Waals surface area contributed by atoms with E-state index in [2.05, 4.69) is 5.32 Å². The largest absolute Gasteiger partial charge is 0.481 e. The van der Waals surface area contributed by atoms with Crippen LogP contribution in [-0.4, -0.2) is 46.4 Å². The lowest BCUT2D eigenvalue weighted by Gasteiger charge is -2.38. The molecule has 3 unspecified atom stereocenters. The Morgan fingerprint density at radius 3 is 2.32 bits per heavy atom. The second kappa shape index (κ2) is 7.11. The molecule has 2 amide bonds. The molecule has 1 saturated heterocycles.